The highest BCUT2D eigenvalue weighted by molar-refractivity contribution is 6.05. The summed E-state index contributed by atoms with van der Waals surface area (Å²) in [7, 11) is 0. The highest BCUT2D eigenvalue weighted by Crippen LogP contribution is 2.32. The molecule has 0 N–H and O–H groups in total. The molecule has 1 saturated carbocycles. The molecule has 1 aromatic carbocycles. The minimum atomic E-state index is -0.267. The fourth-order valence-electron chi connectivity index (χ4n) is 3.58. The van der Waals surface area contributed by atoms with Gasteiger partial charge in [0.15, 0.2) is 5.65 Å². The summed E-state index contributed by atoms with van der Waals surface area (Å²) in [6, 6.07) is 8.69. The minimum absolute atomic E-state index is 0.00516. The molecule has 1 amide bonds. The molecule has 29 heavy (non-hydrogen) atoms. The predicted molar refractivity (Wildman–Crippen MR) is 111 cm³/mol. The number of fused-ring (bicyclic) bond motifs is 1. The third-order valence-electron chi connectivity index (χ3n) is 5.41. The predicted octanol–water partition coefficient (Wildman–Crippen LogP) is 5.08. The largest absolute Gasteiger partial charge is 0.331 e. The number of pyridine rings is 1. The van der Waals surface area contributed by atoms with E-state index in [-0.39, 0.29) is 29.7 Å². The van der Waals surface area contributed by atoms with E-state index >= 15 is 0 Å². The van der Waals surface area contributed by atoms with Gasteiger partial charge in [0.05, 0.1) is 17.1 Å². The quantitative estimate of drug-likeness (QED) is 0.586. The molecule has 0 unspecified atom stereocenters. The molecule has 1 aliphatic carbocycles. The highest BCUT2D eigenvalue weighted by Gasteiger charge is 2.34. The van der Waals surface area contributed by atoms with Crippen molar-refractivity contribution in [2.45, 2.75) is 65.1 Å². The van der Waals surface area contributed by atoms with Gasteiger partial charge >= 0.3 is 0 Å². The summed E-state index contributed by atoms with van der Waals surface area (Å²) < 4.78 is 15.2. The van der Waals surface area contributed by atoms with Crippen LogP contribution in [0.1, 0.15) is 74.1 Å². The van der Waals surface area contributed by atoms with Gasteiger partial charge in [-0.05, 0) is 56.4 Å². The first kappa shape index (κ1) is 19.6. The molecular formula is C23H27FN4O. The van der Waals surface area contributed by atoms with Crippen molar-refractivity contribution in [3.63, 3.8) is 0 Å². The smallest absolute Gasteiger partial charge is 0.255 e. The van der Waals surface area contributed by atoms with Crippen LogP contribution in [0.5, 0.6) is 0 Å². The van der Waals surface area contributed by atoms with Crippen molar-refractivity contribution < 1.29 is 9.18 Å². The monoisotopic (exact) mass is 394 g/mol. The van der Waals surface area contributed by atoms with Crippen LogP contribution >= 0.6 is 0 Å². The molecule has 0 bridgehead atoms. The second-order valence-corrected chi connectivity index (χ2v) is 8.46. The van der Waals surface area contributed by atoms with E-state index < -0.39 is 0 Å². The van der Waals surface area contributed by atoms with Crippen molar-refractivity contribution in [1.82, 2.24) is 19.7 Å². The van der Waals surface area contributed by atoms with Crippen LogP contribution in [0.3, 0.4) is 0 Å². The number of carbonyl (C=O) groups is 1. The zero-order chi connectivity index (χ0) is 20.7. The van der Waals surface area contributed by atoms with Gasteiger partial charge in [0, 0.05) is 24.3 Å². The van der Waals surface area contributed by atoms with Crippen molar-refractivity contribution >= 4 is 16.9 Å². The van der Waals surface area contributed by atoms with Crippen molar-refractivity contribution in [2.75, 3.05) is 0 Å². The van der Waals surface area contributed by atoms with Crippen LogP contribution in [0.4, 0.5) is 4.39 Å². The van der Waals surface area contributed by atoms with E-state index in [4.69, 9.17) is 4.98 Å². The van der Waals surface area contributed by atoms with E-state index in [0.717, 1.165) is 35.1 Å². The molecule has 3 aromatic rings. The molecule has 0 saturated heterocycles. The number of benzene rings is 1. The SMILES string of the molecule is CC(C)c1cc(C(=O)N(Cc2ccc(F)cc2)C2CC2)c2cnn(C(C)C)c2n1. The fraction of sp³-hybridized carbons (Fsp3) is 0.435. The first-order valence-electron chi connectivity index (χ1n) is 10.3. The van der Waals surface area contributed by atoms with Crippen molar-refractivity contribution in [3.8, 4) is 0 Å². The molecule has 0 radical (unpaired) electrons. The third kappa shape index (κ3) is 3.88. The Hall–Kier alpha value is -2.76. The first-order chi connectivity index (χ1) is 13.8. The van der Waals surface area contributed by atoms with Crippen LogP contribution < -0.4 is 0 Å². The lowest BCUT2D eigenvalue weighted by molar-refractivity contribution is 0.0731. The van der Waals surface area contributed by atoms with Gasteiger partial charge in [0.1, 0.15) is 5.82 Å². The number of halogens is 1. The number of nitrogens with zero attached hydrogens (tertiary/aromatic N) is 4. The number of carbonyl (C=O) groups excluding carboxylic acids is 1. The Kier molecular flexibility index (Phi) is 5.11. The van der Waals surface area contributed by atoms with E-state index in [2.05, 4.69) is 32.8 Å². The van der Waals surface area contributed by atoms with E-state index in [1.54, 1.807) is 18.3 Å². The lowest BCUT2D eigenvalue weighted by Gasteiger charge is -2.23. The number of hydrogen-bond donors (Lipinski definition) is 0. The summed E-state index contributed by atoms with van der Waals surface area (Å²) in [6.45, 7) is 8.75. The second-order valence-electron chi connectivity index (χ2n) is 8.46. The molecule has 5 nitrogen and oxygen atoms in total. The molecule has 1 fully saturated rings. The zero-order valence-electron chi connectivity index (χ0n) is 17.4. The van der Waals surface area contributed by atoms with Crippen molar-refractivity contribution in [1.29, 1.82) is 0 Å². The Morgan fingerprint density at radius 2 is 1.90 bits per heavy atom. The average molecular weight is 394 g/mol. The van der Waals surface area contributed by atoms with Gasteiger partial charge in [-0.2, -0.15) is 5.10 Å². The molecule has 1 aliphatic rings. The summed E-state index contributed by atoms with van der Waals surface area (Å²) in [5.74, 6) is -0.0704. The maximum Gasteiger partial charge on any atom is 0.255 e. The van der Waals surface area contributed by atoms with Gasteiger partial charge in [-0.15, -0.1) is 0 Å². The van der Waals surface area contributed by atoms with Gasteiger partial charge in [-0.3, -0.25) is 4.79 Å². The summed E-state index contributed by atoms with van der Waals surface area (Å²) in [5.41, 5.74) is 3.23. The molecule has 152 valence electrons. The third-order valence-corrected chi connectivity index (χ3v) is 5.41. The molecule has 0 atom stereocenters. The minimum Gasteiger partial charge on any atom is -0.331 e. The molecule has 6 heteroatoms. The van der Waals surface area contributed by atoms with E-state index in [9.17, 15) is 9.18 Å². The molecule has 0 aliphatic heterocycles. The Balaban J connectivity index is 1.76. The molecular weight excluding hydrogens is 367 g/mol. The highest BCUT2D eigenvalue weighted by atomic mass is 19.1. The first-order valence-corrected chi connectivity index (χ1v) is 10.3. The lowest BCUT2D eigenvalue weighted by Crippen LogP contribution is -2.33. The van der Waals surface area contributed by atoms with Gasteiger partial charge in [0.25, 0.3) is 5.91 Å². The van der Waals surface area contributed by atoms with Crippen molar-refractivity contribution in [2.24, 2.45) is 0 Å². The normalized spacial score (nSPS) is 14.2. The van der Waals surface area contributed by atoms with Crippen LogP contribution in [0.15, 0.2) is 36.5 Å². The number of aromatic nitrogens is 3. The van der Waals surface area contributed by atoms with E-state index in [0.29, 0.717) is 12.1 Å². The van der Waals surface area contributed by atoms with Crippen LogP contribution in [-0.2, 0) is 6.54 Å². The van der Waals surface area contributed by atoms with Crippen LogP contribution in [0.25, 0.3) is 11.0 Å². The topological polar surface area (TPSA) is 51.0 Å². The van der Waals surface area contributed by atoms with Gasteiger partial charge in [-0.1, -0.05) is 26.0 Å². The number of amides is 1. The summed E-state index contributed by atoms with van der Waals surface area (Å²) in [6.07, 6.45) is 3.76. The number of rotatable bonds is 6. The van der Waals surface area contributed by atoms with E-state index in [1.165, 1.54) is 12.1 Å². The average Bonchev–Trinajstić information content (AvgIpc) is 3.43. The standard InChI is InChI=1S/C23H27FN4O/c1-14(2)21-11-19(20-12-25-28(15(3)4)22(20)26-21)23(29)27(18-9-10-18)13-16-5-7-17(24)8-6-16/h5-8,11-12,14-15,18H,9-10,13H2,1-4H3. The van der Waals surface area contributed by atoms with Crippen molar-refractivity contribution in [3.05, 3.63) is 59.2 Å². The number of hydrogen-bond acceptors (Lipinski definition) is 3. The molecule has 2 aromatic heterocycles. The zero-order valence-corrected chi connectivity index (χ0v) is 17.4. The maximum atomic E-state index is 13.7. The summed E-state index contributed by atoms with van der Waals surface area (Å²) in [4.78, 5) is 20.4. The van der Waals surface area contributed by atoms with Gasteiger partial charge < -0.3 is 4.90 Å². The van der Waals surface area contributed by atoms with Crippen LogP contribution in [0.2, 0.25) is 0 Å². The van der Waals surface area contributed by atoms with Crippen LogP contribution in [0, 0.1) is 5.82 Å². The molecule has 4 rings (SSSR count). The Labute approximate surface area is 170 Å². The maximum absolute atomic E-state index is 13.7. The van der Waals surface area contributed by atoms with Crippen LogP contribution in [-0.4, -0.2) is 31.6 Å². The summed E-state index contributed by atoms with van der Waals surface area (Å²) >= 11 is 0. The molecule has 2 heterocycles. The fourth-order valence-corrected chi connectivity index (χ4v) is 3.58. The summed E-state index contributed by atoms with van der Waals surface area (Å²) in [5, 5.41) is 5.28. The van der Waals surface area contributed by atoms with Gasteiger partial charge in [-0.25, -0.2) is 14.1 Å². The molecule has 0 spiro atoms. The second kappa shape index (κ2) is 7.58. The lowest BCUT2D eigenvalue weighted by atomic mass is 10.0. The Morgan fingerprint density at radius 3 is 2.48 bits per heavy atom. The van der Waals surface area contributed by atoms with E-state index in [1.807, 2.05) is 15.6 Å². The van der Waals surface area contributed by atoms with Gasteiger partial charge in [0.2, 0.25) is 0 Å². The Bertz CT molecular complexity index is 1030. The Morgan fingerprint density at radius 1 is 1.21 bits per heavy atom.